The SMILES string of the molecule is CCc1cc(C)sc1N. The summed E-state index contributed by atoms with van der Waals surface area (Å²) >= 11 is 1.67. The molecule has 1 aromatic rings. The van der Waals surface area contributed by atoms with Crippen molar-refractivity contribution < 1.29 is 0 Å². The standard InChI is InChI=1S/C7H11NS/c1-3-6-4-5(2)9-7(6)8/h4H,3,8H2,1-2H3. The molecule has 1 aromatic heterocycles. The lowest BCUT2D eigenvalue weighted by atomic mass is 10.2. The van der Waals surface area contributed by atoms with Gasteiger partial charge in [0.15, 0.2) is 0 Å². The molecule has 0 bridgehead atoms. The van der Waals surface area contributed by atoms with Crippen LogP contribution in [0.3, 0.4) is 0 Å². The lowest BCUT2D eigenvalue weighted by Crippen LogP contribution is -1.83. The van der Waals surface area contributed by atoms with Crippen LogP contribution in [-0.4, -0.2) is 0 Å². The minimum Gasteiger partial charge on any atom is -0.390 e. The van der Waals surface area contributed by atoms with Crippen LogP contribution in [0.1, 0.15) is 17.4 Å². The van der Waals surface area contributed by atoms with Gasteiger partial charge in [0.05, 0.1) is 5.00 Å². The van der Waals surface area contributed by atoms with Crippen LogP contribution in [0, 0.1) is 6.92 Å². The smallest absolute Gasteiger partial charge is 0.0891 e. The number of rotatable bonds is 1. The molecule has 0 aliphatic rings. The fraction of sp³-hybridized carbons (Fsp3) is 0.429. The first kappa shape index (κ1) is 6.62. The summed E-state index contributed by atoms with van der Waals surface area (Å²) in [5.41, 5.74) is 6.96. The third kappa shape index (κ3) is 1.24. The molecule has 1 nitrogen and oxygen atoms in total. The Hall–Kier alpha value is -0.500. The van der Waals surface area contributed by atoms with Gasteiger partial charge < -0.3 is 5.73 Å². The second-order valence-electron chi connectivity index (χ2n) is 2.10. The molecule has 1 rings (SSSR count). The summed E-state index contributed by atoms with van der Waals surface area (Å²) in [6, 6.07) is 2.15. The van der Waals surface area contributed by atoms with E-state index >= 15 is 0 Å². The summed E-state index contributed by atoms with van der Waals surface area (Å²) in [5, 5.41) is 0.981. The molecular weight excluding hydrogens is 130 g/mol. The zero-order valence-corrected chi connectivity index (χ0v) is 6.59. The van der Waals surface area contributed by atoms with Crippen molar-refractivity contribution in [3.63, 3.8) is 0 Å². The maximum atomic E-state index is 5.67. The van der Waals surface area contributed by atoms with Crippen LogP contribution in [0.15, 0.2) is 6.07 Å². The molecule has 1 heterocycles. The van der Waals surface area contributed by atoms with E-state index in [9.17, 15) is 0 Å². The Kier molecular flexibility index (Phi) is 1.76. The lowest BCUT2D eigenvalue weighted by molar-refractivity contribution is 1.16. The van der Waals surface area contributed by atoms with E-state index in [1.807, 2.05) is 0 Å². The Labute approximate surface area is 59.5 Å². The van der Waals surface area contributed by atoms with E-state index in [2.05, 4.69) is 19.9 Å². The summed E-state index contributed by atoms with van der Waals surface area (Å²) in [7, 11) is 0. The predicted molar refractivity (Wildman–Crippen MR) is 42.8 cm³/mol. The van der Waals surface area contributed by atoms with E-state index in [-0.39, 0.29) is 0 Å². The van der Waals surface area contributed by atoms with Gasteiger partial charge in [0.2, 0.25) is 0 Å². The van der Waals surface area contributed by atoms with Crippen molar-refractivity contribution in [1.29, 1.82) is 0 Å². The first-order chi connectivity index (χ1) is 4.24. The van der Waals surface area contributed by atoms with E-state index in [4.69, 9.17) is 5.73 Å². The molecule has 0 aromatic carbocycles. The molecule has 0 aliphatic heterocycles. The molecule has 0 unspecified atom stereocenters. The molecule has 2 N–H and O–H groups in total. The maximum Gasteiger partial charge on any atom is 0.0891 e. The highest BCUT2D eigenvalue weighted by Gasteiger charge is 1.98. The van der Waals surface area contributed by atoms with Gasteiger partial charge in [-0.3, -0.25) is 0 Å². The maximum absolute atomic E-state index is 5.67. The Morgan fingerprint density at radius 2 is 2.33 bits per heavy atom. The summed E-state index contributed by atoms with van der Waals surface area (Å²) in [5.74, 6) is 0. The van der Waals surface area contributed by atoms with Crippen LogP contribution >= 0.6 is 11.3 Å². The van der Waals surface area contributed by atoms with Crippen LogP contribution in [0.2, 0.25) is 0 Å². The van der Waals surface area contributed by atoms with Crippen molar-refractivity contribution in [2.24, 2.45) is 0 Å². The van der Waals surface area contributed by atoms with Crippen LogP contribution in [0.5, 0.6) is 0 Å². The lowest BCUT2D eigenvalue weighted by Gasteiger charge is -1.88. The van der Waals surface area contributed by atoms with Crippen LogP contribution in [-0.2, 0) is 6.42 Å². The van der Waals surface area contributed by atoms with Crippen molar-refractivity contribution in [2.75, 3.05) is 5.73 Å². The molecule has 0 atom stereocenters. The largest absolute Gasteiger partial charge is 0.390 e. The third-order valence-corrected chi connectivity index (χ3v) is 2.27. The number of anilines is 1. The van der Waals surface area contributed by atoms with Crippen LogP contribution < -0.4 is 5.73 Å². The molecule has 50 valence electrons. The molecule has 0 radical (unpaired) electrons. The minimum atomic E-state index is 0.981. The fourth-order valence-electron chi connectivity index (χ4n) is 0.861. The normalized spacial score (nSPS) is 10.0. The quantitative estimate of drug-likeness (QED) is 0.637. The molecule has 0 fully saturated rings. The predicted octanol–water partition coefficient (Wildman–Crippen LogP) is 2.20. The minimum absolute atomic E-state index is 0.981. The third-order valence-electron chi connectivity index (χ3n) is 1.35. The van der Waals surface area contributed by atoms with Crippen molar-refractivity contribution >= 4 is 16.3 Å². The second kappa shape index (κ2) is 2.40. The molecular formula is C7H11NS. The molecule has 0 aliphatic carbocycles. The van der Waals surface area contributed by atoms with Gasteiger partial charge in [-0.2, -0.15) is 0 Å². The van der Waals surface area contributed by atoms with Gasteiger partial charge in [-0.1, -0.05) is 6.92 Å². The number of nitrogens with two attached hydrogens (primary N) is 1. The Morgan fingerprint density at radius 3 is 2.56 bits per heavy atom. The summed E-state index contributed by atoms with van der Waals surface area (Å²) in [6.07, 6.45) is 1.05. The number of nitrogen functional groups attached to an aromatic ring is 1. The fourth-order valence-corrected chi connectivity index (χ4v) is 1.74. The first-order valence-corrected chi connectivity index (χ1v) is 3.90. The highest BCUT2D eigenvalue weighted by molar-refractivity contribution is 7.16. The van der Waals surface area contributed by atoms with Crippen molar-refractivity contribution in [3.8, 4) is 0 Å². The van der Waals surface area contributed by atoms with Crippen molar-refractivity contribution in [2.45, 2.75) is 20.3 Å². The van der Waals surface area contributed by atoms with Gasteiger partial charge in [-0.15, -0.1) is 11.3 Å². The summed E-state index contributed by atoms with van der Waals surface area (Å²) in [6.45, 7) is 4.21. The summed E-state index contributed by atoms with van der Waals surface area (Å²) in [4.78, 5) is 1.31. The van der Waals surface area contributed by atoms with Gasteiger partial charge in [0, 0.05) is 4.88 Å². The number of hydrogen-bond acceptors (Lipinski definition) is 2. The molecule has 9 heavy (non-hydrogen) atoms. The monoisotopic (exact) mass is 141 g/mol. The topological polar surface area (TPSA) is 26.0 Å². The second-order valence-corrected chi connectivity index (χ2v) is 3.39. The molecule has 0 saturated heterocycles. The Balaban J connectivity index is 3.01. The molecule has 0 saturated carbocycles. The first-order valence-electron chi connectivity index (χ1n) is 3.08. The average molecular weight is 141 g/mol. The van der Waals surface area contributed by atoms with Gasteiger partial charge >= 0.3 is 0 Å². The highest BCUT2D eigenvalue weighted by atomic mass is 32.1. The molecule has 0 amide bonds. The number of hydrogen-bond donors (Lipinski definition) is 1. The van der Waals surface area contributed by atoms with Gasteiger partial charge in [-0.25, -0.2) is 0 Å². The van der Waals surface area contributed by atoms with Gasteiger partial charge in [-0.05, 0) is 25.0 Å². The Morgan fingerprint density at radius 1 is 1.67 bits per heavy atom. The van der Waals surface area contributed by atoms with E-state index in [1.54, 1.807) is 11.3 Å². The van der Waals surface area contributed by atoms with Crippen LogP contribution in [0.25, 0.3) is 0 Å². The summed E-state index contributed by atoms with van der Waals surface area (Å²) < 4.78 is 0. The van der Waals surface area contributed by atoms with Crippen molar-refractivity contribution in [1.82, 2.24) is 0 Å². The van der Waals surface area contributed by atoms with Crippen LogP contribution in [0.4, 0.5) is 5.00 Å². The zero-order chi connectivity index (χ0) is 6.85. The van der Waals surface area contributed by atoms with Gasteiger partial charge in [0.1, 0.15) is 0 Å². The van der Waals surface area contributed by atoms with Crippen molar-refractivity contribution in [3.05, 3.63) is 16.5 Å². The van der Waals surface area contributed by atoms with E-state index < -0.39 is 0 Å². The average Bonchev–Trinajstić information content (AvgIpc) is 2.10. The molecule has 0 spiro atoms. The van der Waals surface area contributed by atoms with E-state index in [0.29, 0.717) is 0 Å². The highest BCUT2D eigenvalue weighted by Crippen LogP contribution is 2.23. The van der Waals surface area contributed by atoms with E-state index in [1.165, 1.54) is 10.4 Å². The number of aryl methyl sites for hydroxylation is 2. The van der Waals surface area contributed by atoms with Gasteiger partial charge in [0.25, 0.3) is 0 Å². The zero-order valence-electron chi connectivity index (χ0n) is 5.77. The number of thiophene rings is 1. The molecule has 2 heteroatoms. The Bertz CT molecular complexity index is 203. The van der Waals surface area contributed by atoms with E-state index in [0.717, 1.165) is 11.4 Å².